The molecule has 2 aliphatic rings. The van der Waals surface area contributed by atoms with Crippen molar-refractivity contribution in [3.8, 4) is 11.5 Å². The highest BCUT2D eigenvalue weighted by atomic mass is 32.1. The van der Waals surface area contributed by atoms with E-state index in [-0.39, 0.29) is 5.91 Å². The first-order chi connectivity index (χ1) is 12.6. The predicted molar refractivity (Wildman–Crippen MR) is 96.4 cm³/mol. The summed E-state index contributed by atoms with van der Waals surface area (Å²) in [6.45, 7) is 2.35. The van der Waals surface area contributed by atoms with Crippen LogP contribution in [-0.2, 0) is 6.42 Å². The van der Waals surface area contributed by atoms with Crippen molar-refractivity contribution in [1.82, 2.24) is 4.90 Å². The van der Waals surface area contributed by atoms with E-state index < -0.39 is 5.97 Å². The number of aromatic carboxylic acids is 1. The van der Waals surface area contributed by atoms with Crippen LogP contribution in [-0.4, -0.2) is 48.2 Å². The van der Waals surface area contributed by atoms with Gasteiger partial charge < -0.3 is 19.5 Å². The molecule has 0 bridgehead atoms. The van der Waals surface area contributed by atoms with E-state index in [1.165, 1.54) is 11.3 Å². The second kappa shape index (κ2) is 6.99. The molecule has 1 N–H and O–H groups in total. The molecule has 3 heterocycles. The first kappa shape index (κ1) is 16.9. The van der Waals surface area contributed by atoms with Crippen LogP contribution in [0.2, 0.25) is 0 Å². The lowest BCUT2D eigenvalue weighted by atomic mass is 9.97. The minimum Gasteiger partial charge on any atom is -0.485 e. The highest BCUT2D eigenvalue weighted by Gasteiger charge is 2.31. The molecule has 6 nitrogen and oxygen atoms in total. The lowest BCUT2D eigenvalue weighted by molar-refractivity contribution is 0.0696. The fourth-order valence-corrected chi connectivity index (χ4v) is 4.40. The summed E-state index contributed by atoms with van der Waals surface area (Å²) in [5, 5.41) is 10.9. The second-order valence-electron chi connectivity index (χ2n) is 6.57. The average Bonchev–Trinajstić information content (AvgIpc) is 3.28. The van der Waals surface area contributed by atoms with Gasteiger partial charge in [-0.05, 0) is 36.5 Å². The summed E-state index contributed by atoms with van der Waals surface area (Å²) < 4.78 is 11.1. The van der Waals surface area contributed by atoms with Crippen LogP contribution >= 0.6 is 11.3 Å². The van der Waals surface area contributed by atoms with Gasteiger partial charge in [-0.1, -0.05) is 12.1 Å². The van der Waals surface area contributed by atoms with Crippen LogP contribution in [0.1, 0.15) is 32.0 Å². The maximum atomic E-state index is 12.8. The van der Waals surface area contributed by atoms with Gasteiger partial charge in [0.2, 0.25) is 0 Å². The van der Waals surface area contributed by atoms with Crippen LogP contribution < -0.4 is 9.47 Å². The molecule has 1 aromatic carbocycles. The summed E-state index contributed by atoms with van der Waals surface area (Å²) in [5.74, 6) is 0.633. The Bertz CT molecular complexity index is 846. The molecule has 2 aliphatic heterocycles. The van der Waals surface area contributed by atoms with Gasteiger partial charge >= 0.3 is 5.97 Å². The van der Waals surface area contributed by atoms with E-state index in [9.17, 15) is 9.59 Å². The molecule has 0 spiro atoms. The van der Waals surface area contributed by atoms with Crippen LogP contribution in [0.25, 0.3) is 0 Å². The van der Waals surface area contributed by atoms with Gasteiger partial charge in [0.05, 0.1) is 5.56 Å². The third-order valence-electron chi connectivity index (χ3n) is 4.77. The van der Waals surface area contributed by atoms with Gasteiger partial charge in [-0.3, -0.25) is 4.79 Å². The molecular formula is C19H19NO5S. The predicted octanol–water partition coefficient (Wildman–Crippen LogP) is 2.92. The van der Waals surface area contributed by atoms with Crippen molar-refractivity contribution in [2.75, 3.05) is 26.3 Å². The number of amides is 1. The zero-order valence-corrected chi connectivity index (χ0v) is 15.0. The maximum Gasteiger partial charge on any atom is 0.335 e. The highest BCUT2D eigenvalue weighted by Crippen LogP contribution is 2.40. The minimum atomic E-state index is -0.917. The van der Waals surface area contributed by atoms with Gasteiger partial charge in [-0.15, -0.1) is 11.3 Å². The molecule has 1 atom stereocenters. The Labute approximate surface area is 155 Å². The van der Waals surface area contributed by atoms with E-state index in [2.05, 4.69) is 0 Å². The summed E-state index contributed by atoms with van der Waals surface area (Å²) in [5.41, 5.74) is 1.30. The number of benzene rings is 1. The Morgan fingerprint density at radius 1 is 1.27 bits per heavy atom. The Kier molecular flexibility index (Phi) is 4.55. The van der Waals surface area contributed by atoms with E-state index >= 15 is 0 Å². The van der Waals surface area contributed by atoms with Gasteiger partial charge in [0.25, 0.3) is 5.91 Å². The molecule has 1 unspecified atom stereocenters. The molecule has 136 valence electrons. The summed E-state index contributed by atoms with van der Waals surface area (Å²) >= 11 is 1.36. The molecule has 1 fully saturated rings. The Balaban J connectivity index is 1.42. The average molecular weight is 373 g/mol. The van der Waals surface area contributed by atoms with Gasteiger partial charge in [-0.2, -0.15) is 0 Å². The number of hydrogen-bond donors (Lipinski definition) is 1. The van der Waals surface area contributed by atoms with Crippen LogP contribution in [0.5, 0.6) is 11.5 Å². The molecule has 2 aromatic rings. The van der Waals surface area contributed by atoms with Crippen LogP contribution in [0.15, 0.2) is 29.6 Å². The molecule has 1 saturated heterocycles. The summed E-state index contributed by atoms with van der Waals surface area (Å²) in [4.78, 5) is 26.4. The second-order valence-corrected chi connectivity index (χ2v) is 7.45. The molecule has 0 radical (unpaired) electrons. The summed E-state index contributed by atoms with van der Waals surface area (Å²) in [7, 11) is 0. The minimum absolute atomic E-state index is 0.0106. The van der Waals surface area contributed by atoms with Crippen molar-refractivity contribution in [2.24, 2.45) is 5.92 Å². The fraction of sp³-hybridized carbons (Fsp3) is 0.368. The van der Waals surface area contributed by atoms with Gasteiger partial charge in [0.15, 0.2) is 11.5 Å². The van der Waals surface area contributed by atoms with Crippen molar-refractivity contribution in [2.45, 2.75) is 12.8 Å². The Hall–Kier alpha value is -2.54. The van der Waals surface area contributed by atoms with Crippen molar-refractivity contribution in [3.63, 3.8) is 0 Å². The number of thiophene rings is 1. The number of ether oxygens (including phenoxy) is 2. The third kappa shape index (κ3) is 3.26. The Morgan fingerprint density at radius 2 is 2.12 bits per heavy atom. The normalized spacial score (nSPS) is 18.8. The number of carbonyl (C=O) groups excluding carboxylic acids is 1. The molecule has 1 aromatic heterocycles. The summed E-state index contributed by atoms with van der Waals surface area (Å²) in [6.07, 6.45) is 1.68. The number of carboxylic acid groups (broad SMARTS) is 1. The summed E-state index contributed by atoms with van der Waals surface area (Å²) in [6, 6.07) is 7.02. The van der Waals surface area contributed by atoms with Crippen LogP contribution in [0.3, 0.4) is 0 Å². The Morgan fingerprint density at radius 3 is 2.96 bits per heavy atom. The van der Waals surface area contributed by atoms with E-state index in [0.717, 1.165) is 18.4 Å². The quantitative estimate of drug-likeness (QED) is 0.892. The number of rotatable bonds is 4. The number of carbonyl (C=O) groups is 2. The van der Waals surface area contributed by atoms with E-state index in [4.69, 9.17) is 14.6 Å². The number of carboxylic acids is 1. The lowest BCUT2D eigenvalue weighted by Crippen LogP contribution is -2.29. The molecule has 0 aliphatic carbocycles. The number of nitrogens with zero attached hydrogens (tertiary/aromatic N) is 1. The fourth-order valence-electron chi connectivity index (χ4n) is 3.50. The molecule has 4 rings (SSSR count). The van der Waals surface area contributed by atoms with Gasteiger partial charge in [-0.25, -0.2) is 4.79 Å². The largest absolute Gasteiger partial charge is 0.485 e. The maximum absolute atomic E-state index is 12.8. The van der Waals surface area contributed by atoms with Crippen LogP contribution in [0.4, 0.5) is 0 Å². The SMILES string of the molecule is O=C(O)c1cccc(CC2CCN(C(=O)c3scc4c3OCCO4)C2)c1. The van der Waals surface area contributed by atoms with E-state index in [1.54, 1.807) is 18.2 Å². The lowest BCUT2D eigenvalue weighted by Gasteiger charge is -2.19. The monoisotopic (exact) mass is 373 g/mol. The van der Waals surface area contributed by atoms with E-state index in [1.807, 2.05) is 16.3 Å². The van der Waals surface area contributed by atoms with Crippen molar-refractivity contribution in [1.29, 1.82) is 0 Å². The van der Waals surface area contributed by atoms with Gasteiger partial charge in [0.1, 0.15) is 18.1 Å². The van der Waals surface area contributed by atoms with Crippen molar-refractivity contribution in [3.05, 3.63) is 45.6 Å². The zero-order chi connectivity index (χ0) is 18.1. The highest BCUT2D eigenvalue weighted by molar-refractivity contribution is 7.12. The third-order valence-corrected chi connectivity index (χ3v) is 5.69. The molecule has 7 heteroatoms. The van der Waals surface area contributed by atoms with Crippen molar-refractivity contribution < 1.29 is 24.2 Å². The number of fused-ring (bicyclic) bond motifs is 1. The smallest absolute Gasteiger partial charge is 0.335 e. The van der Waals surface area contributed by atoms with Crippen molar-refractivity contribution >= 4 is 23.2 Å². The van der Waals surface area contributed by atoms with Gasteiger partial charge in [0, 0.05) is 18.5 Å². The molecule has 26 heavy (non-hydrogen) atoms. The van der Waals surface area contributed by atoms with E-state index in [0.29, 0.717) is 54.2 Å². The number of likely N-dealkylation sites (tertiary alicyclic amines) is 1. The molecule has 0 saturated carbocycles. The zero-order valence-electron chi connectivity index (χ0n) is 14.1. The van der Waals surface area contributed by atoms with Crippen LogP contribution in [0, 0.1) is 5.92 Å². The first-order valence-electron chi connectivity index (χ1n) is 8.60. The molecular weight excluding hydrogens is 354 g/mol. The number of hydrogen-bond acceptors (Lipinski definition) is 5. The standard InChI is InChI=1S/C19H19NO5S/c21-18(17-16-15(11-26-17)24-6-7-25-16)20-5-4-13(10-20)8-12-2-1-3-14(9-12)19(22)23/h1-3,9,11,13H,4-8,10H2,(H,22,23). The first-order valence-corrected chi connectivity index (χ1v) is 9.48. The molecule has 1 amide bonds. The topological polar surface area (TPSA) is 76.1 Å².